The molecule has 3 N–H and O–H groups in total. The number of amides is 3. The van der Waals surface area contributed by atoms with Gasteiger partial charge >= 0.3 is 12.2 Å². The first-order valence-corrected chi connectivity index (χ1v) is 10.2. The van der Waals surface area contributed by atoms with Gasteiger partial charge in [0.05, 0.1) is 32.0 Å². The number of ether oxygens (including phenoxy) is 2. The van der Waals surface area contributed by atoms with Gasteiger partial charge < -0.3 is 29.9 Å². The number of aliphatic hydroxyl groups excluding tert-OH is 2. The summed E-state index contributed by atoms with van der Waals surface area (Å²) in [6.07, 6.45) is -0.715. The third-order valence-electron chi connectivity index (χ3n) is 6.02. The molecule has 3 aliphatic rings. The van der Waals surface area contributed by atoms with E-state index in [4.69, 9.17) is 9.84 Å². The van der Waals surface area contributed by atoms with Gasteiger partial charge in [-0.3, -0.25) is 9.69 Å². The van der Waals surface area contributed by atoms with Gasteiger partial charge in [0.25, 0.3) is 5.91 Å². The predicted octanol–water partition coefficient (Wildman–Crippen LogP) is 0.400. The minimum atomic E-state index is -1.46. The van der Waals surface area contributed by atoms with Crippen molar-refractivity contribution in [2.45, 2.75) is 31.1 Å². The zero-order valence-corrected chi connectivity index (χ0v) is 17.4. The first kappa shape index (κ1) is 22.0. The summed E-state index contributed by atoms with van der Waals surface area (Å²) in [6.45, 7) is -0.0795. The highest BCUT2D eigenvalue weighted by atomic mass is 19.1. The topological polar surface area (TPSA) is 129 Å². The van der Waals surface area contributed by atoms with Crippen LogP contribution >= 0.6 is 0 Å². The van der Waals surface area contributed by atoms with Crippen molar-refractivity contribution in [1.82, 2.24) is 10.2 Å². The van der Waals surface area contributed by atoms with Gasteiger partial charge in [0.2, 0.25) is 0 Å². The van der Waals surface area contributed by atoms with Crippen molar-refractivity contribution < 1.29 is 38.5 Å². The molecule has 4 rings (SSSR count). The van der Waals surface area contributed by atoms with Crippen molar-refractivity contribution in [3.05, 3.63) is 35.2 Å². The number of methoxy groups -OCH3 is 1. The number of hydrogen-bond donors (Lipinski definition) is 3. The average Bonchev–Trinajstić information content (AvgIpc) is 3.32. The number of aliphatic hydroxyl groups is 2. The van der Waals surface area contributed by atoms with Crippen molar-refractivity contribution in [3.8, 4) is 0 Å². The van der Waals surface area contributed by atoms with Crippen LogP contribution in [0.1, 0.15) is 17.5 Å². The summed E-state index contributed by atoms with van der Waals surface area (Å²) in [5, 5.41) is 21.0. The normalized spacial score (nSPS) is 22.6. The SMILES string of the molecule is COC(=O)NC[C@@H]1OC(=O)N2c3cc(F)c(C4=CCN(C(=O)C(O)CO)CC4)cc3CC12. The Morgan fingerprint density at radius 2 is 2.19 bits per heavy atom. The number of halogens is 1. The van der Waals surface area contributed by atoms with Gasteiger partial charge in [0.15, 0.2) is 6.10 Å². The minimum absolute atomic E-state index is 0.0810. The Morgan fingerprint density at radius 3 is 2.84 bits per heavy atom. The molecule has 1 fully saturated rings. The van der Waals surface area contributed by atoms with Crippen LogP contribution in [0.4, 0.5) is 19.7 Å². The van der Waals surface area contributed by atoms with E-state index >= 15 is 4.39 Å². The molecule has 0 aliphatic carbocycles. The molecule has 3 heterocycles. The number of rotatable bonds is 5. The van der Waals surface area contributed by atoms with Crippen molar-refractivity contribution >= 4 is 29.4 Å². The van der Waals surface area contributed by atoms with E-state index < -0.39 is 42.7 Å². The summed E-state index contributed by atoms with van der Waals surface area (Å²) >= 11 is 0. The second kappa shape index (κ2) is 8.75. The Balaban J connectivity index is 1.51. The first-order chi connectivity index (χ1) is 15.3. The van der Waals surface area contributed by atoms with Gasteiger partial charge in [-0.25, -0.2) is 14.0 Å². The molecule has 172 valence electrons. The van der Waals surface area contributed by atoms with Gasteiger partial charge in [-0.05, 0) is 36.1 Å². The Hall–Kier alpha value is -3.18. The maximum Gasteiger partial charge on any atom is 0.415 e. The van der Waals surface area contributed by atoms with Crippen molar-refractivity contribution in [2.75, 3.05) is 38.3 Å². The summed E-state index contributed by atoms with van der Waals surface area (Å²) in [6, 6.07) is 2.67. The molecule has 3 atom stereocenters. The van der Waals surface area contributed by atoms with Crippen LogP contribution < -0.4 is 10.2 Å². The smallest absolute Gasteiger partial charge is 0.415 e. The second-order valence-corrected chi connectivity index (χ2v) is 7.86. The molecule has 3 aliphatic heterocycles. The Kier molecular flexibility index (Phi) is 6.02. The monoisotopic (exact) mass is 449 g/mol. The van der Waals surface area contributed by atoms with Crippen LogP contribution in [0, 0.1) is 5.82 Å². The molecular weight excluding hydrogens is 425 g/mol. The molecule has 0 saturated carbocycles. The van der Waals surface area contributed by atoms with Gasteiger partial charge in [0.1, 0.15) is 11.9 Å². The highest BCUT2D eigenvalue weighted by Gasteiger charge is 2.48. The highest BCUT2D eigenvalue weighted by molar-refractivity contribution is 5.94. The lowest BCUT2D eigenvalue weighted by Gasteiger charge is -2.28. The van der Waals surface area contributed by atoms with Crippen molar-refractivity contribution in [1.29, 1.82) is 0 Å². The summed E-state index contributed by atoms with van der Waals surface area (Å²) in [4.78, 5) is 38.5. The van der Waals surface area contributed by atoms with E-state index in [0.717, 1.165) is 11.1 Å². The summed E-state index contributed by atoms with van der Waals surface area (Å²) < 4.78 is 24.9. The second-order valence-electron chi connectivity index (χ2n) is 7.86. The molecule has 1 aromatic rings. The van der Waals surface area contributed by atoms with Crippen LogP contribution in [0.2, 0.25) is 0 Å². The standard InChI is InChI=1S/C21H24FN3O7/c1-31-20(29)23-9-18-16-7-12-6-13(14(22)8-15(12)25(16)21(30)32-18)11-2-4-24(5-3-11)19(28)17(27)10-26/h2,6,8,16-18,26-27H,3-5,7,9-10H2,1H3,(H,23,29)/t16?,17?,18-/m0/s1. The van der Waals surface area contributed by atoms with Gasteiger partial charge in [0, 0.05) is 18.7 Å². The number of carbonyl (C=O) groups is 3. The molecule has 1 aromatic carbocycles. The number of nitrogens with zero attached hydrogens (tertiary/aromatic N) is 2. The zero-order chi connectivity index (χ0) is 23.0. The van der Waals surface area contributed by atoms with Crippen LogP contribution in [-0.4, -0.2) is 84.8 Å². The third kappa shape index (κ3) is 3.89. The highest BCUT2D eigenvalue weighted by Crippen LogP contribution is 2.41. The first-order valence-electron chi connectivity index (χ1n) is 10.2. The van der Waals surface area contributed by atoms with Gasteiger partial charge in [-0.15, -0.1) is 0 Å². The summed E-state index contributed by atoms with van der Waals surface area (Å²) in [5.74, 6) is -1.06. The van der Waals surface area contributed by atoms with Crippen LogP contribution in [0.15, 0.2) is 18.2 Å². The number of cyclic esters (lactones) is 1. The largest absolute Gasteiger partial charge is 0.453 e. The molecule has 0 radical (unpaired) electrons. The number of anilines is 1. The van der Waals surface area contributed by atoms with Crippen LogP contribution in [-0.2, 0) is 20.7 Å². The number of carbonyl (C=O) groups excluding carboxylic acids is 3. The van der Waals surface area contributed by atoms with Crippen LogP contribution in [0.3, 0.4) is 0 Å². The number of alkyl carbamates (subject to hydrolysis) is 1. The number of hydrogen-bond acceptors (Lipinski definition) is 7. The number of fused-ring (bicyclic) bond motifs is 3. The lowest BCUT2D eigenvalue weighted by molar-refractivity contribution is -0.141. The maximum absolute atomic E-state index is 15.0. The fourth-order valence-corrected chi connectivity index (χ4v) is 4.37. The fraction of sp³-hybridized carbons (Fsp3) is 0.476. The van der Waals surface area contributed by atoms with E-state index in [0.29, 0.717) is 30.6 Å². The zero-order valence-electron chi connectivity index (χ0n) is 17.4. The van der Waals surface area contributed by atoms with E-state index in [2.05, 4.69) is 10.1 Å². The molecule has 0 aromatic heterocycles. The number of nitrogens with one attached hydrogen (secondary N) is 1. The van der Waals surface area contributed by atoms with Gasteiger partial charge in [-0.2, -0.15) is 0 Å². The predicted molar refractivity (Wildman–Crippen MR) is 109 cm³/mol. The van der Waals surface area contributed by atoms with E-state index in [1.165, 1.54) is 23.0 Å². The molecule has 32 heavy (non-hydrogen) atoms. The maximum atomic E-state index is 15.0. The fourth-order valence-electron chi connectivity index (χ4n) is 4.37. The Labute approximate surface area is 183 Å². The lowest BCUT2D eigenvalue weighted by atomic mass is 9.95. The van der Waals surface area contributed by atoms with Crippen LogP contribution in [0.5, 0.6) is 0 Å². The van der Waals surface area contributed by atoms with Crippen molar-refractivity contribution in [3.63, 3.8) is 0 Å². The summed E-state index contributed by atoms with van der Waals surface area (Å²) in [7, 11) is 1.24. The molecule has 10 nitrogen and oxygen atoms in total. The molecule has 0 spiro atoms. The van der Waals surface area contributed by atoms with E-state index in [-0.39, 0.29) is 19.1 Å². The average molecular weight is 449 g/mol. The molecular formula is C21H24FN3O7. The molecule has 2 unspecified atom stereocenters. The molecule has 11 heteroatoms. The molecule has 0 bridgehead atoms. The molecule has 1 saturated heterocycles. The van der Waals surface area contributed by atoms with Crippen LogP contribution in [0.25, 0.3) is 5.57 Å². The number of benzene rings is 1. The lowest BCUT2D eigenvalue weighted by Crippen LogP contribution is -2.42. The Bertz CT molecular complexity index is 982. The quantitative estimate of drug-likeness (QED) is 0.594. The van der Waals surface area contributed by atoms with E-state index in [1.54, 1.807) is 12.1 Å². The third-order valence-corrected chi connectivity index (χ3v) is 6.02. The minimum Gasteiger partial charge on any atom is -0.453 e. The van der Waals surface area contributed by atoms with Gasteiger partial charge in [-0.1, -0.05) is 6.08 Å². The summed E-state index contributed by atoms with van der Waals surface area (Å²) in [5.41, 5.74) is 2.37. The van der Waals surface area contributed by atoms with Crippen molar-refractivity contribution in [2.24, 2.45) is 0 Å². The van der Waals surface area contributed by atoms with E-state index in [9.17, 15) is 19.5 Å². The Morgan fingerprint density at radius 1 is 1.41 bits per heavy atom. The molecule has 3 amide bonds. The van der Waals surface area contributed by atoms with E-state index in [1.807, 2.05) is 0 Å².